The van der Waals surface area contributed by atoms with Crippen LogP contribution in [0.2, 0.25) is 0 Å². The van der Waals surface area contributed by atoms with Gasteiger partial charge in [-0.3, -0.25) is 10.1 Å². The number of nitrogens with zero attached hydrogens (tertiary/aromatic N) is 1. The molecule has 1 aliphatic rings. The molecule has 12 heavy (non-hydrogen) atoms. The molecular formula is C6H4N2O3S. The summed E-state index contributed by atoms with van der Waals surface area (Å²) in [6, 6.07) is 0. The molecule has 1 atom stereocenters. The van der Waals surface area contributed by atoms with Crippen LogP contribution in [0.3, 0.4) is 0 Å². The van der Waals surface area contributed by atoms with E-state index in [1.54, 1.807) is 10.9 Å². The van der Waals surface area contributed by atoms with Gasteiger partial charge in [0.2, 0.25) is 6.10 Å². The fourth-order valence-corrected chi connectivity index (χ4v) is 1.47. The third kappa shape index (κ3) is 1.06. The number of amides is 2. The number of imide groups is 1. The average molecular weight is 184 g/mol. The summed E-state index contributed by atoms with van der Waals surface area (Å²) in [5.41, 5.74) is 2.05. The quantitative estimate of drug-likeness (QED) is 0.688. The van der Waals surface area contributed by atoms with Crippen LogP contribution in [0.15, 0.2) is 10.9 Å². The molecule has 0 bridgehead atoms. The fraction of sp³-hybridized carbons (Fsp3) is 0.167. The molecule has 1 aliphatic heterocycles. The topological polar surface area (TPSA) is 68.3 Å². The molecule has 0 aromatic carbocycles. The van der Waals surface area contributed by atoms with E-state index in [0.29, 0.717) is 5.69 Å². The van der Waals surface area contributed by atoms with E-state index in [2.05, 4.69) is 9.72 Å². The van der Waals surface area contributed by atoms with Gasteiger partial charge < -0.3 is 4.74 Å². The number of nitrogens with one attached hydrogen (secondary N) is 1. The molecule has 1 unspecified atom stereocenters. The molecule has 1 aromatic heterocycles. The summed E-state index contributed by atoms with van der Waals surface area (Å²) in [6.45, 7) is 0. The molecule has 1 fully saturated rings. The number of thiazole rings is 1. The van der Waals surface area contributed by atoms with Gasteiger partial charge in [0, 0.05) is 5.38 Å². The SMILES string of the molecule is O=C1NC(=O)C(c2cscn2)O1. The summed E-state index contributed by atoms with van der Waals surface area (Å²) in [7, 11) is 0. The maximum atomic E-state index is 11.0. The van der Waals surface area contributed by atoms with Crippen LogP contribution in [-0.2, 0) is 9.53 Å². The molecule has 0 aliphatic carbocycles. The molecule has 1 N–H and O–H groups in total. The second kappa shape index (κ2) is 2.56. The van der Waals surface area contributed by atoms with E-state index in [1.165, 1.54) is 11.3 Å². The summed E-state index contributed by atoms with van der Waals surface area (Å²) in [5, 5.41) is 3.69. The maximum absolute atomic E-state index is 11.0. The molecule has 5 nitrogen and oxygen atoms in total. The fourth-order valence-electron chi connectivity index (χ4n) is 0.902. The van der Waals surface area contributed by atoms with Crippen molar-refractivity contribution in [3.05, 3.63) is 16.6 Å². The lowest BCUT2D eigenvalue weighted by molar-refractivity contribution is -0.123. The molecule has 2 rings (SSSR count). The van der Waals surface area contributed by atoms with Crippen LogP contribution in [0.25, 0.3) is 0 Å². The zero-order valence-corrected chi connectivity index (χ0v) is 6.63. The Hall–Kier alpha value is -1.43. The van der Waals surface area contributed by atoms with Crippen molar-refractivity contribution in [2.45, 2.75) is 6.10 Å². The first-order chi connectivity index (χ1) is 5.77. The smallest absolute Gasteiger partial charge is 0.415 e. The minimum absolute atomic E-state index is 0.453. The van der Waals surface area contributed by atoms with Crippen molar-refractivity contribution in [1.82, 2.24) is 10.3 Å². The Morgan fingerprint density at radius 2 is 2.42 bits per heavy atom. The van der Waals surface area contributed by atoms with Gasteiger partial charge in [0.15, 0.2) is 0 Å². The highest BCUT2D eigenvalue weighted by atomic mass is 32.1. The minimum atomic E-state index is -0.858. The van der Waals surface area contributed by atoms with E-state index in [9.17, 15) is 9.59 Å². The molecule has 0 radical (unpaired) electrons. The average Bonchev–Trinajstić information content (AvgIpc) is 2.58. The van der Waals surface area contributed by atoms with Crippen molar-refractivity contribution in [1.29, 1.82) is 0 Å². The Balaban J connectivity index is 2.26. The summed E-state index contributed by atoms with van der Waals surface area (Å²) in [5.74, 6) is -0.453. The van der Waals surface area contributed by atoms with Crippen LogP contribution in [0.4, 0.5) is 4.79 Å². The van der Waals surface area contributed by atoms with Gasteiger partial charge >= 0.3 is 6.09 Å². The maximum Gasteiger partial charge on any atom is 0.415 e. The number of hydrogen-bond donors (Lipinski definition) is 1. The van der Waals surface area contributed by atoms with Crippen molar-refractivity contribution in [3.63, 3.8) is 0 Å². The molecule has 6 heteroatoms. The van der Waals surface area contributed by atoms with E-state index in [4.69, 9.17) is 0 Å². The van der Waals surface area contributed by atoms with Gasteiger partial charge in [-0.25, -0.2) is 9.78 Å². The minimum Gasteiger partial charge on any atom is -0.429 e. The van der Waals surface area contributed by atoms with Gasteiger partial charge in [-0.2, -0.15) is 0 Å². The number of alkyl carbamates (subject to hydrolysis) is 1. The standard InChI is InChI=1S/C6H4N2O3S/c9-5-4(11-6(10)8-5)3-1-12-2-7-3/h1-2,4H,(H,8,9,10). The van der Waals surface area contributed by atoms with Gasteiger partial charge in [-0.1, -0.05) is 0 Å². The van der Waals surface area contributed by atoms with Gasteiger partial charge in [0.05, 0.1) is 5.51 Å². The predicted octanol–water partition coefficient (Wildman–Crippen LogP) is 0.451. The zero-order chi connectivity index (χ0) is 8.55. The molecule has 2 amide bonds. The van der Waals surface area contributed by atoms with Crippen molar-refractivity contribution in [2.75, 3.05) is 0 Å². The van der Waals surface area contributed by atoms with E-state index >= 15 is 0 Å². The summed E-state index contributed by atoms with van der Waals surface area (Å²) in [6.07, 6.45) is -1.57. The Morgan fingerprint density at radius 1 is 1.58 bits per heavy atom. The van der Waals surface area contributed by atoms with Gasteiger partial charge in [0.25, 0.3) is 5.91 Å². The highest BCUT2D eigenvalue weighted by Gasteiger charge is 2.34. The van der Waals surface area contributed by atoms with Crippen LogP contribution in [0, 0.1) is 0 Å². The van der Waals surface area contributed by atoms with Gasteiger partial charge in [-0.05, 0) is 0 Å². The largest absolute Gasteiger partial charge is 0.429 e. The molecule has 1 aromatic rings. The second-order valence-electron chi connectivity index (χ2n) is 2.19. The van der Waals surface area contributed by atoms with Crippen LogP contribution in [0.1, 0.15) is 11.8 Å². The molecular weight excluding hydrogens is 180 g/mol. The van der Waals surface area contributed by atoms with E-state index < -0.39 is 18.1 Å². The Bertz CT molecular complexity index is 322. The van der Waals surface area contributed by atoms with Crippen molar-refractivity contribution in [2.24, 2.45) is 0 Å². The highest BCUT2D eigenvalue weighted by Crippen LogP contribution is 2.21. The van der Waals surface area contributed by atoms with Crippen LogP contribution >= 0.6 is 11.3 Å². The van der Waals surface area contributed by atoms with E-state index in [-0.39, 0.29) is 0 Å². The second-order valence-corrected chi connectivity index (χ2v) is 2.91. The molecule has 0 spiro atoms. The van der Waals surface area contributed by atoms with Crippen molar-refractivity contribution in [3.8, 4) is 0 Å². The monoisotopic (exact) mass is 184 g/mol. The summed E-state index contributed by atoms with van der Waals surface area (Å²) >= 11 is 1.35. The highest BCUT2D eigenvalue weighted by molar-refractivity contribution is 7.07. The van der Waals surface area contributed by atoms with Crippen molar-refractivity contribution >= 4 is 23.3 Å². The summed E-state index contributed by atoms with van der Waals surface area (Å²) in [4.78, 5) is 25.4. The Labute approximate surface area is 71.4 Å². The molecule has 2 heterocycles. The van der Waals surface area contributed by atoms with Crippen LogP contribution in [-0.4, -0.2) is 17.0 Å². The molecule has 62 valence electrons. The van der Waals surface area contributed by atoms with Crippen LogP contribution in [0.5, 0.6) is 0 Å². The number of carbonyl (C=O) groups excluding carboxylic acids is 2. The van der Waals surface area contributed by atoms with Gasteiger partial charge in [0.1, 0.15) is 5.69 Å². The van der Waals surface area contributed by atoms with E-state index in [0.717, 1.165) is 0 Å². The van der Waals surface area contributed by atoms with Crippen molar-refractivity contribution < 1.29 is 14.3 Å². The summed E-state index contributed by atoms with van der Waals surface area (Å²) < 4.78 is 4.66. The van der Waals surface area contributed by atoms with Crippen LogP contribution < -0.4 is 5.32 Å². The molecule has 1 saturated heterocycles. The Morgan fingerprint density at radius 3 is 2.92 bits per heavy atom. The molecule has 0 saturated carbocycles. The zero-order valence-electron chi connectivity index (χ0n) is 5.81. The number of cyclic esters (lactones) is 1. The lowest BCUT2D eigenvalue weighted by Gasteiger charge is -1.99. The first-order valence-electron chi connectivity index (χ1n) is 3.17. The third-order valence-electron chi connectivity index (χ3n) is 1.41. The lowest BCUT2D eigenvalue weighted by atomic mass is 10.3. The predicted molar refractivity (Wildman–Crippen MR) is 39.5 cm³/mol. The lowest BCUT2D eigenvalue weighted by Crippen LogP contribution is -2.20. The first kappa shape index (κ1) is 7.23. The number of carbonyl (C=O) groups is 2. The normalized spacial score (nSPS) is 22.2. The van der Waals surface area contributed by atoms with Gasteiger partial charge in [-0.15, -0.1) is 11.3 Å². The Kier molecular flexibility index (Phi) is 1.54. The number of rotatable bonds is 1. The number of ether oxygens (including phenoxy) is 1. The number of hydrogen-bond acceptors (Lipinski definition) is 5. The number of aromatic nitrogens is 1. The first-order valence-corrected chi connectivity index (χ1v) is 4.11. The third-order valence-corrected chi connectivity index (χ3v) is 2.01. The van der Waals surface area contributed by atoms with E-state index in [1.807, 2.05) is 5.32 Å².